The highest BCUT2D eigenvalue weighted by Gasteiger charge is 2.38. The summed E-state index contributed by atoms with van der Waals surface area (Å²) >= 11 is 0. The van der Waals surface area contributed by atoms with E-state index in [1.165, 1.54) is 5.56 Å². The molecular formula is C22H24F6N2O2S. The number of sulfonamides is 1. The lowest BCUT2D eigenvalue weighted by Gasteiger charge is -2.32. The van der Waals surface area contributed by atoms with Gasteiger partial charge in [-0.1, -0.05) is 30.3 Å². The molecular weight excluding hydrogens is 470 g/mol. The Hall–Kier alpha value is -2.11. The van der Waals surface area contributed by atoms with Crippen molar-refractivity contribution in [2.75, 3.05) is 19.6 Å². The van der Waals surface area contributed by atoms with Gasteiger partial charge in [-0.05, 0) is 62.0 Å². The van der Waals surface area contributed by atoms with Crippen molar-refractivity contribution < 1.29 is 34.8 Å². The normalized spacial score (nSPS) is 16.8. The SMILES string of the molecule is O=S(=O)(NCCC1CCN(Cc2ccccc2)CC1)c1cc(C(F)(F)F)cc(C(F)(F)F)c1. The number of alkyl halides is 6. The van der Waals surface area contributed by atoms with Crippen molar-refractivity contribution in [3.05, 3.63) is 65.2 Å². The summed E-state index contributed by atoms with van der Waals surface area (Å²) in [4.78, 5) is 1.24. The summed E-state index contributed by atoms with van der Waals surface area (Å²) in [5, 5.41) is 0. The molecule has 0 aliphatic carbocycles. The Morgan fingerprint density at radius 1 is 0.879 bits per heavy atom. The Balaban J connectivity index is 1.57. The van der Waals surface area contributed by atoms with Crippen LogP contribution in [0.4, 0.5) is 26.3 Å². The van der Waals surface area contributed by atoms with Gasteiger partial charge in [0.2, 0.25) is 10.0 Å². The number of nitrogens with zero attached hydrogens (tertiary/aromatic N) is 1. The second-order valence-electron chi connectivity index (χ2n) is 8.13. The molecule has 182 valence electrons. The average molecular weight is 495 g/mol. The van der Waals surface area contributed by atoms with Gasteiger partial charge in [0, 0.05) is 13.1 Å². The topological polar surface area (TPSA) is 49.4 Å². The van der Waals surface area contributed by atoms with Crippen molar-refractivity contribution in [3.63, 3.8) is 0 Å². The summed E-state index contributed by atoms with van der Waals surface area (Å²) in [6, 6.07) is 10.3. The van der Waals surface area contributed by atoms with Gasteiger partial charge in [0.05, 0.1) is 16.0 Å². The summed E-state index contributed by atoms with van der Waals surface area (Å²) in [7, 11) is -4.54. The van der Waals surface area contributed by atoms with E-state index in [4.69, 9.17) is 0 Å². The lowest BCUT2D eigenvalue weighted by molar-refractivity contribution is -0.143. The Labute approximate surface area is 188 Å². The molecule has 2 aromatic carbocycles. The fourth-order valence-corrected chi connectivity index (χ4v) is 4.95. The van der Waals surface area contributed by atoms with Gasteiger partial charge in [-0.15, -0.1) is 0 Å². The van der Waals surface area contributed by atoms with Crippen LogP contribution in [0.3, 0.4) is 0 Å². The Bertz CT molecular complexity index is 999. The van der Waals surface area contributed by atoms with E-state index in [9.17, 15) is 34.8 Å². The highest BCUT2D eigenvalue weighted by molar-refractivity contribution is 7.89. The third-order valence-electron chi connectivity index (χ3n) is 5.67. The third-order valence-corrected chi connectivity index (χ3v) is 7.11. The van der Waals surface area contributed by atoms with E-state index >= 15 is 0 Å². The van der Waals surface area contributed by atoms with Gasteiger partial charge in [-0.3, -0.25) is 4.90 Å². The van der Waals surface area contributed by atoms with Crippen molar-refractivity contribution in [1.29, 1.82) is 0 Å². The predicted octanol–water partition coefficient (Wildman–Crippen LogP) is 5.30. The molecule has 0 aromatic heterocycles. The van der Waals surface area contributed by atoms with E-state index in [-0.39, 0.29) is 30.7 Å². The molecule has 1 N–H and O–H groups in total. The molecule has 1 heterocycles. The van der Waals surface area contributed by atoms with Gasteiger partial charge >= 0.3 is 12.4 Å². The molecule has 0 spiro atoms. The van der Waals surface area contributed by atoms with Crippen LogP contribution in [0, 0.1) is 5.92 Å². The predicted molar refractivity (Wildman–Crippen MR) is 111 cm³/mol. The van der Waals surface area contributed by atoms with Crippen LogP contribution in [0.25, 0.3) is 0 Å². The molecule has 3 rings (SSSR count). The minimum absolute atomic E-state index is 0.0662. The molecule has 0 amide bonds. The lowest BCUT2D eigenvalue weighted by Crippen LogP contribution is -2.35. The van der Waals surface area contributed by atoms with Crippen molar-refractivity contribution >= 4 is 10.0 Å². The summed E-state index contributed by atoms with van der Waals surface area (Å²) < 4.78 is 105. The molecule has 0 atom stereocenters. The largest absolute Gasteiger partial charge is 0.416 e. The highest BCUT2D eigenvalue weighted by Crippen LogP contribution is 2.37. The molecule has 0 bridgehead atoms. The first kappa shape index (κ1) is 25.5. The molecule has 1 aliphatic heterocycles. The summed E-state index contributed by atoms with van der Waals surface area (Å²) in [6.45, 7) is 2.41. The maximum atomic E-state index is 13.0. The van der Waals surface area contributed by atoms with E-state index in [0.717, 1.165) is 32.5 Å². The summed E-state index contributed by atoms with van der Waals surface area (Å²) in [6.07, 6.45) is -8.12. The second-order valence-corrected chi connectivity index (χ2v) is 9.90. The van der Waals surface area contributed by atoms with Gasteiger partial charge in [-0.25, -0.2) is 13.1 Å². The zero-order valence-electron chi connectivity index (χ0n) is 17.6. The minimum atomic E-state index is -5.11. The quantitative estimate of drug-likeness (QED) is 0.531. The van der Waals surface area contributed by atoms with E-state index in [0.29, 0.717) is 6.42 Å². The first-order valence-corrected chi connectivity index (χ1v) is 11.9. The smallest absolute Gasteiger partial charge is 0.299 e. The number of halogens is 6. The monoisotopic (exact) mass is 494 g/mol. The van der Waals surface area contributed by atoms with Crippen LogP contribution in [0.1, 0.15) is 36.0 Å². The Morgan fingerprint density at radius 3 is 1.94 bits per heavy atom. The fourth-order valence-electron chi connectivity index (χ4n) is 3.84. The lowest BCUT2D eigenvalue weighted by atomic mass is 9.93. The van der Waals surface area contributed by atoms with E-state index < -0.39 is 38.4 Å². The van der Waals surface area contributed by atoms with Crippen LogP contribution in [0.2, 0.25) is 0 Å². The van der Waals surface area contributed by atoms with Crippen LogP contribution in [-0.4, -0.2) is 33.0 Å². The molecule has 0 saturated carbocycles. The average Bonchev–Trinajstić information content (AvgIpc) is 2.74. The summed E-state index contributed by atoms with van der Waals surface area (Å²) in [5.74, 6) is 0.215. The van der Waals surface area contributed by atoms with Crippen molar-refractivity contribution in [1.82, 2.24) is 9.62 Å². The molecule has 2 aromatic rings. The van der Waals surface area contributed by atoms with Crippen molar-refractivity contribution in [2.24, 2.45) is 5.92 Å². The van der Waals surface area contributed by atoms with E-state index in [2.05, 4.69) is 9.62 Å². The van der Waals surface area contributed by atoms with Gasteiger partial charge in [0.1, 0.15) is 0 Å². The van der Waals surface area contributed by atoms with Crippen molar-refractivity contribution in [2.45, 2.75) is 43.1 Å². The van der Waals surface area contributed by atoms with Crippen molar-refractivity contribution in [3.8, 4) is 0 Å². The van der Waals surface area contributed by atoms with Gasteiger partial charge < -0.3 is 0 Å². The third kappa shape index (κ3) is 7.18. The molecule has 0 unspecified atom stereocenters. The molecule has 1 fully saturated rings. The maximum absolute atomic E-state index is 13.0. The zero-order valence-corrected chi connectivity index (χ0v) is 18.4. The number of piperidine rings is 1. The first-order valence-electron chi connectivity index (χ1n) is 10.4. The number of nitrogens with one attached hydrogen (secondary N) is 1. The van der Waals surface area contributed by atoms with Gasteiger partial charge in [0.15, 0.2) is 0 Å². The molecule has 11 heteroatoms. The van der Waals surface area contributed by atoms with Gasteiger partial charge in [-0.2, -0.15) is 26.3 Å². The summed E-state index contributed by atoms with van der Waals surface area (Å²) in [5.41, 5.74) is -2.13. The number of likely N-dealkylation sites (tertiary alicyclic amines) is 1. The molecule has 33 heavy (non-hydrogen) atoms. The van der Waals surface area contributed by atoms with Crippen LogP contribution in [0.5, 0.6) is 0 Å². The van der Waals surface area contributed by atoms with E-state index in [1.807, 2.05) is 30.3 Å². The Morgan fingerprint density at radius 2 is 1.42 bits per heavy atom. The number of benzene rings is 2. The number of hydrogen-bond donors (Lipinski definition) is 1. The first-order chi connectivity index (χ1) is 15.3. The van der Waals surface area contributed by atoms with Gasteiger partial charge in [0.25, 0.3) is 0 Å². The highest BCUT2D eigenvalue weighted by atomic mass is 32.2. The number of hydrogen-bond acceptors (Lipinski definition) is 3. The van der Waals surface area contributed by atoms with Crippen LogP contribution >= 0.6 is 0 Å². The molecule has 4 nitrogen and oxygen atoms in total. The standard InChI is InChI=1S/C22H24F6N2O2S/c23-21(24,25)18-12-19(22(26,27)28)14-20(13-18)33(31,32)29-9-6-16-7-10-30(11-8-16)15-17-4-2-1-3-5-17/h1-5,12-14,16,29H,6-11,15H2. The second kappa shape index (κ2) is 10.0. The van der Waals surface area contributed by atoms with E-state index in [1.54, 1.807) is 0 Å². The Kier molecular flexibility index (Phi) is 7.75. The van der Waals surface area contributed by atoms with Crippen LogP contribution < -0.4 is 4.72 Å². The van der Waals surface area contributed by atoms with Crippen LogP contribution in [-0.2, 0) is 28.9 Å². The fraction of sp³-hybridized carbons (Fsp3) is 0.455. The molecule has 0 radical (unpaired) electrons. The number of rotatable bonds is 7. The minimum Gasteiger partial charge on any atom is -0.299 e. The molecule has 1 aliphatic rings. The van der Waals surface area contributed by atoms with Crippen LogP contribution in [0.15, 0.2) is 53.4 Å². The zero-order chi connectivity index (χ0) is 24.3. The molecule has 1 saturated heterocycles. The maximum Gasteiger partial charge on any atom is 0.416 e.